The lowest BCUT2D eigenvalue weighted by atomic mass is 10.1. The van der Waals surface area contributed by atoms with E-state index >= 15 is 0 Å². The fourth-order valence-electron chi connectivity index (χ4n) is 3.24. The van der Waals surface area contributed by atoms with Crippen LogP contribution in [0, 0.1) is 0 Å². The van der Waals surface area contributed by atoms with Crippen molar-refractivity contribution in [1.82, 2.24) is 14.7 Å². The molecule has 0 spiro atoms. The maximum Gasteiger partial charge on any atom is 0.292 e. The average molecular weight is 398 g/mol. The molecule has 0 bridgehead atoms. The normalized spacial score (nSPS) is 10.7. The number of hydrogen-bond donors (Lipinski definition) is 2. The molecule has 0 aliphatic carbocycles. The molecule has 6 nitrogen and oxygen atoms in total. The first kappa shape index (κ1) is 19.4. The van der Waals surface area contributed by atoms with Crippen LogP contribution in [0.15, 0.2) is 79.0 Å². The number of carbonyl (C=O) groups excluding carboxylic acids is 2. The van der Waals surface area contributed by atoms with Gasteiger partial charge in [0.05, 0.1) is 5.52 Å². The van der Waals surface area contributed by atoms with E-state index in [1.807, 2.05) is 60.7 Å². The van der Waals surface area contributed by atoms with Gasteiger partial charge in [0.25, 0.3) is 11.8 Å². The third-order valence-corrected chi connectivity index (χ3v) is 4.88. The predicted molar refractivity (Wildman–Crippen MR) is 117 cm³/mol. The van der Waals surface area contributed by atoms with E-state index in [1.54, 1.807) is 22.7 Å². The number of aromatic nitrogens is 2. The monoisotopic (exact) mass is 398 g/mol. The highest BCUT2D eigenvalue weighted by molar-refractivity contribution is 6.06. The summed E-state index contributed by atoms with van der Waals surface area (Å²) in [6, 6.07) is 22.7. The lowest BCUT2D eigenvalue weighted by molar-refractivity contribution is 0.0948. The fraction of sp³-hybridized carbons (Fsp3) is 0.125. The Morgan fingerprint density at radius 2 is 1.60 bits per heavy atom. The molecule has 2 heterocycles. The van der Waals surface area contributed by atoms with Crippen molar-refractivity contribution in [3.63, 3.8) is 0 Å². The van der Waals surface area contributed by atoms with Crippen molar-refractivity contribution >= 4 is 23.0 Å². The zero-order valence-corrected chi connectivity index (χ0v) is 16.6. The minimum atomic E-state index is -0.373. The lowest BCUT2D eigenvalue weighted by Crippen LogP contribution is -2.23. The minimum Gasteiger partial charge on any atom is -0.347 e. The molecule has 4 rings (SSSR count). The van der Waals surface area contributed by atoms with Gasteiger partial charge in [-0.25, -0.2) is 4.98 Å². The highest BCUT2D eigenvalue weighted by Gasteiger charge is 2.21. The van der Waals surface area contributed by atoms with Crippen molar-refractivity contribution in [2.75, 3.05) is 5.32 Å². The Bertz CT molecular complexity index is 1180. The number of fused-ring (bicyclic) bond motifs is 1. The van der Waals surface area contributed by atoms with Gasteiger partial charge in [-0.1, -0.05) is 55.5 Å². The SMILES string of the molecule is CCc1ccc(NC(=O)c2nc(C(=O)NCc3ccccc3)c3ccccn23)cc1. The topological polar surface area (TPSA) is 75.5 Å². The van der Waals surface area contributed by atoms with Gasteiger partial charge >= 0.3 is 0 Å². The Kier molecular flexibility index (Phi) is 5.57. The molecule has 0 saturated heterocycles. The third-order valence-electron chi connectivity index (χ3n) is 4.88. The number of anilines is 1. The first-order chi connectivity index (χ1) is 14.7. The van der Waals surface area contributed by atoms with E-state index in [4.69, 9.17) is 0 Å². The molecule has 0 unspecified atom stereocenters. The number of pyridine rings is 1. The number of carbonyl (C=O) groups is 2. The van der Waals surface area contributed by atoms with Gasteiger partial charge in [-0.15, -0.1) is 0 Å². The number of hydrogen-bond acceptors (Lipinski definition) is 3. The van der Waals surface area contributed by atoms with Crippen molar-refractivity contribution < 1.29 is 9.59 Å². The molecule has 2 N–H and O–H groups in total. The van der Waals surface area contributed by atoms with Crippen molar-refractivity contribution in [2.24, 2.45) is 0 Å². The molecule has 0 radical (unpaired) electrons. The Hall–Kier alpha value is -3.93. The summed E-state index contributed by atoms with van der Waals surface area (Å²) >= 11 is 0. The molecular formula is C24H22N4O2. The lowest BCUT2D eigenvalue weighted by Gasteiger charge is -2.05. The zero-order valence-electron chi connectivity index (χ0n) is 16.6. The van der Waals surface area contributed by atoms with Crippen LogP contribution >= 0.6 is 0 Å². The van der Waals surface area contributed by atoms with Gasteiger partial charge in [0.15, 0.2) is 5.69 Å². The molecule has 2 aromatic heterocycles. The standard InChI is InChI=1S/C24H22N4O2/c1-2-17-11-13-19(14-12-17)26-24(30)22-27-21(20-10-6-7-15-28(20)22)23(29)25-16-18-8-4-3-5-9-18/h3-15H,2,16H2,1H3,(H,25,29)(H,26,30). The zero-order chi connectivity index (χ0) is 20.9. The summed E-state index contributed by atoms with van der Waals surface area (Å²) in [5.74, 6) is -0.536. The van der Waals surface area contributed by atoms with E-state index in [0.717, 1.165) is 12.0 Å². The number of amides is 2. The number of nitrogens with zero attached hydrogens (tertiary/aromatic N) is 2. The molecule has 6 heteroatoms. The molecule has 0 aliphatic rings. The maximum atomic E-state index is 12.9. The van der Waals surface area contributed by atoms with E-state index < -0.39 is 0 Å². The first-order valence-electron chi connectivity index (χ1n) is 9.85. The summed E-state index contributed by atoms with van der Waals surface area (Å²) in [4.78, 5) is 30.0. The second kappa shape index (κ2) is 8.61. The molecular weight excluding hydrogens is 376 g/mol. The van der Waals surface area contributed by atoms with Crippen molar-refractivity contribution in [1.29, 1.82) is 0 Å². The number of aryl methyl sites for hydroxylation is 1. The molecule has 4 aromatic rings. The quantitative estimate of drug-likeness (QED) is 0.514. The van der Waals surface area contributed by atoms with Gasteiger partial charge in [-0.2, -0.15) is 0 Å². The summed E-state index contributed by atoms with van der Waals surface area (Å²) in [5.41, 5.74) is 3.66. The highest BCUT2D eigenvalue weighted by Crippen LogP contribution is 2.16. The second-order valence-electron chi connectivity index (χ2n) is 6.91. The van der Waals surface area contributed by atoms with Gasteiger partial charge in [0.1, 0.15) is 0 Å². The molecule has 2 amide bonds. The van der Waals surface area contributed by atoms with Crippen molar-refractivity contribution in [3.8, 4) is 0 Å². The average Bonchev–Trinajstić information content (AvgIpc) is 3.19. The van der Waals surface area contributed by atoms with Crippen LogP contribution in [0.25, 0.3) is 5.52 Å². The summed E-state index contributed by atoms with van der Waals surface area (Å²) in [5, 5.41) is 5.73. The molecule has 30 heavy (non-hydrogen) atoms. The van der Waals surface area contributed by atoms with Crippen molar-refractivity contribution in [2.45, 2.75) is 19.9 Å². The highest BCUT2D eigenvalue weighted by atomic mass is 16.2. The Morgan fingerprint density at radius 3 is 2.33 bits per heavy atom. The van der Waals surface area contributed by atoms with Gasteiger partial charge < -0.3 is 10.6 Å². The molecule has 0 saturated carbocycles. The van der Waals surface area contributed by atoms with E-state index in [1.165, 1.54) is 5.56 Å². The summed E-state index contributed by atoms with van der Waals surface area (Å²) in [6.45, 7) is 2.46. The van der Waals surface area contributed by atoms with Crippen LogP contribution in [0.1, 0.15) is 39.2 Å². The molecule has 150 valence electrons. The van der Waals surface area contributed by atoms with Crippen LogP contribution in [-0.4, -0.2) is 21.2 Å². The van der Waals surface area contributed by atoms with E-state index in [-0.39, 0.29) is 23.3 Å². The van der Waals surface area contributed by atoms with Crippen LogP contribution < -0.4 is 10.6 Å². The smallest absolute Gasteiger partial charge is 0.292 e. The fourth-order valence-corrected chi connectivity index (χ4v) is 3.24. The van der Waals surface area contributed by atoms with E-state index in [2.05, 4.69) is 22.5 Å². The number of rotatable bonds is 6. The third kappa shape index (κ3) is 4.07. The minimum absolute atomic E-state index is 0.162. The predicted octanol–water partition coefficient (Wildman–Crippen LogP) is 4.08. The molecule has 2 aromatic carbocycles. The van der Waals surface area contributed by atoms with Crippen LogP contribution in [-0.2, 0) is 13.0 Å². The van der Waals surface area contributed by atoms with Crippen LogP contribution in [0.2, 0.25) is 0 Å². The Balaban J connectivity index is 1.58. The Labute approximate surface area is 174 Å². The Morgan fingerprint density at radius 1 is 0.867 bits per heavy atom. The van der Waals surface area contributed by atoms with Crippen molar-refractivity contribution in [3.05, 3.63) is 102 Å². The van der Waals surface area contributed by atoms with Gasteiger partial charge in [-0.05, 0) is 41.8 Å². The molecule has 0 fully saturated rings. The second-order valence-corrected chi connectivity index (χ2v) is 6.91. The number of benzene rings is 2. The number of nitrogens with one attached hydrogen (secondary N) is 2. The van der Waals surface area contributed by atoms with E-state index in [9.17, 15) is 9.59 Å². The van der Waals surface area contributed by atoms with Crippen LogP contribution in [0.5, 0.6) is 0 Å². The summed E-state index contributed by atoms with van der Waals surface area (Å²) in [6.07, 6.45) is 2.66. The molecule has 0 atom stereocenters. The van der Waals surface area contributed by atoms with Gasteiger partial charge in [-0.3, -0.25) is 14.0 Å². The van der Waals surface area contributed by atoms with Crippen LogP contribution in [0.3, 0.4) is 0 Å². The van der Waals surface area contributed by atoms with Gasteiger partial charge in [0.2, 0.25) is 5.82 Å². The van der Waals surface area contributed by atoms with Gasteiger partial charge in [0, 0.05) is 18.4 Å². The maximum absolute atomic E-state index is 12.9. The van der Waals surface area contributed by atoms with Crippen LogP contribution in [0.4, 0.5) is 5.69 Å². The summed E-state index contributed by atoms with van der Waals surface area (Å²) in [7, 11) is 0. The molecule has 0 aliphatic heterocycles. The van der Waals surface area contributed by atoms with E-state index in [0.29, 0.717) is 17.7 Å². The summed E-state index contributed by atoms with van der Waals surface area (Å²) < 4.78 is 1.63. The largest absolute Gasteiger partial charge is 0.347 e. The first-order valence-corrected chi connectivity index (χ1v) is 9.85. The number of imidazole rings is 1.